The average molecular weight is 261 g/mol. The van der Waals surface area contributed by atoms with Gasteiger partial charge in [0.15, 0.2) is 11.6 Å². The molecule has 1 heterocycles. The quantitative estimate of drug-likeness (QED) is 0.841. The highest BCUT2D eigenvalue weighted by atomic mass is 19.4. The number of hydrogen-bond acceptors (Lipinski definition) is 5. The largest absolute Gasteiger partial charge is 0.573 e. The van der Waals surface area contributed by atoms with E-state index in [9.17, 15) is 18.0 Å². The third-order valence-electron chi connectivity index (χ3n) is 1.75. The summed E-state index contributed by atoms with van der Waals surface area (Å²) in [6.45, 7) is 0. The molecule has 9 heteroatoms. The van der Waals surface area contributed by atoms with Crippen molar-refractivity contribution in [1.29, 1.82) is 5.26 Å². The Bertz CT molecular complexity index is 522. The minimum absolute atomic E-state index is 0.293. The van der Waals surface area contributed by atoms with Crippen LogP contribution in [-0.4, -0.2) is 22.4 Å². The zero-order valence-electron chi connectivity index (χ0n) is 8.65. The molecule has 0 amide bonds. The molecule has 0 aliphatic carbocycles. The lowest BCUT2D eigenvalue weighted by Gasteiger charge is -2.14. The molecule has 0 radical (unpaired) electrons. The van der Waals surface area contributed by atoms with Crippen LogP contribution in [0.25, 0.3) is 0 Å². The van der Waals surface area contributed by atoms with E-state index < -0.39 is 30.3 Å². The number of aliphatic carboxylic acids is 1. The molecular formula is C9H6F3N3O3. The Hall–Kier alpha value is -2.50. The molecule has 1 rings (SSSR count). The smallest absolute Gasteiger partial charge is 0.481 e. The lowest BCUT2D eigenvalue weighted by Crippen LogP contribution is -2.20. The van der Waals surface area contributed by atoms with E-state index in [0.717, 1.165) is 6.07 Å². The van der Waals surface area contributed by atoms with Gasteiger partial charge in [-0.1, -0.05) is 0 Å². The Morgan fingerprint density at radius 2 is 2.22 bits per heavy atom. The highest BCUT2D eigenvalue weighted by molar-refractivity contribution is 5.73. The molecule has 6 nitrogen and oxygen atoms in total. The van der Waals surface area contributed by atoms with Crippen LogP contribution in [-0.2, 0) is 11.2 Å². The normalized spacial score (nSPS) is 10.8. The third kappa shape index (κ3) is 3.51. The van der Waals surface area contributed by atoms with Gasteiger partial charge in [-0.2, -0.15) is 5.26 Å². The van der Waals surface area contributed by atoms with Gasteiger partial charge in [0.25, 0.3) is 0 Å². The van der Waals surface area contributed by atoms with E-state index in [0.29, 0.717) is 0 Å². The monoisotopic (exact) mass is 261 g/mol. The number of halogens is 3. The van der Waals surface area contributed by atoms with Crippen LogP contribution in [0.4, 0.5) is 19.0 Å². The van der Waals surface area contributed by atoms with Gasteiger partial charge in [0.05, 0.1) is 6.42 Å². The number of anilines is 1. The Balaban J connectivity index is 3.29. The van der Waals surface area contributed by atoms with E-state index in [1.807, 2.05) is 0 Å². The first-order valence-electron chi connectivity index (χ1n) is 4.40. The number of nitrogens with zero attached hydrogens (tertiary/aromatic N) is 2. The maximum atomic E-state index is 12.1. The van der Waals surface area contributed by atoms with Gasteiger partial charge in [0, 0.05) is 5.56 Å². The van der Waals surface area contributed by atoms with E-state index >= 15 is 0 Å². The summed E-state index contributed by atoms with van der Waals surface area (Å²) in [5.41, 5.74) is 4.54. The maximum Gasteiger partial charge on any atom is 0.573 e. The second-order valence-electron chi connectivity index (χ2n) is 3.11. The molecule has 3 N–H and O–H groups in total. The van der Waals surface area contributed by atoms with Crippen molar-refractivity contribution in [3.8, 4) is 11.8 Å². The summed E-state index contributed by atoms with van der Waals surface area (Å²) in [5.74, 6) is -2.98. The predicted molar refractivity (Wildman–Crippen MR) is 51.4 cm³/mol. The molecule has 0 spiro atoms. The number of pyridine rings is 1. The fourth-order valence-corrected chi connectivity index (χ4v) is 1.19. The van der Waals surface area contributed by atoms with E-state index in [-0.39, 0.29) is 11.3 Å². The first-order valence-corrected chi connectivity index (χ1v) is 4.40. The molecule has 18 heavy (non-hydrogen) atoms. The minimum Gasteiger partial charge on any atom is -0.481 e. The average Bonchev–Trinajstić information content (AvgIpc) is 2.20. The molecule has 0 unspecified atom stereocenters. The van der Waals surface area contributed by atoms with Crippen molar-refractivity contribution in [2.24, 2.45) is 0 Å². The lowest BCUT2D eigenvalue weighted by molar-refractivity contribution is -0.274. The fraction of sp³-hybridized carbons (Fsp3) is 0.222. The summed E-state index contributed by atoms with van der Waals surface area (Å²) >= 11 is 0. The number of hydrogen-bond donors (Lipinski definition) is 2. The molecule has 1 aromatic rings. The van der Waals surface area contributed by atoms with Crippen LogP contribution >= 0.6 is 0 Å². The first kappa shape index (κ1) is 13.6. The van der Waals surface area contributed by atoms with Gasteiger partial charge in [-0.05, 0) is 6.07 Å². The highest BCUT2D eigenvalue weighted by Gasteiger charge is 2.34. The number of carbonyl (C=O) groups is 1. The summed E-state index contributed by atoms with van der Waals surface area (Å²) in [7, 11) is 0. The van der Waals surface area contributed by atoms with Crippen LogP contribution in [0.15, 0.2) is 6.07 Å². The summed E-state index contributed by atoms with van der Waals surface area (Å²) in [5, 5.41) is 17.1. The number of alkyl halides is 3. The molecule has 0 aliphatic heterocycles. The number of nitrogen functional groups attached to an aromatic ring is 1. The number of ether oxygens (including phenoxy) is 1. The van der Waals surface area contributed by atoms with Gasteiger partial charge in [-0.15, -0.1) is 13.2 Å². The van der Waals surface area contributed by atoms with Gasteiger partial charge in [0.2, 0.25) is 0 Å². The van der Waals surface area contributed by atoms with Crippen LogP contribution in [0.2, 0.25) is 0 Å². The van der Waals surface area contributed by atoms with Gasteiger partial charge in [-0.3, -0.25) is 4.79 Å². The van der Waals surface area contributed by atoms with Gasteiger partial charge in [0.1, 0.15) is 11.8 Å². The number of rotatable bonds is 3. The number of aromatic nitrogens is 1. The Morgan fingerprint density at radius 1 is 1.61 bits per heavy atom. The van der Waals surface area contributed by atoms with Crippen molar-refractivity contribution in [2.45, 2.75) is 12.8 Å². The van der Waals surface area contributed by atoms with Crippen LogP contribution in [0.3, 0.4) is 0 Å². The topological polar surface area (TPSA) is 109 Å². The van der Waals surface area contributed by atoms with Crippen molar-refractivity contribution in [3.63, 3.8) is 0 Å². The third-order valence-corrected chi connectivity index (χ3v) is 1.75. The Morgan fingerprint density at radius 3 is 2.67 bits per heavy atom. The molecule has 0 saturated carbocycles. The van der Waals surface area contributed by atoms with Crippen molar-refractivity contribution >= 4 is 11.8 Å². The van der Waals surface area contributed by atoms with Gasteiger partial charge in [-0.25, -0.2) is 4.98 Å². The molecule has 0 bridgehead atoms. The number of carboxylic acids is 1. The Labute approximate surface area is 98.4 Å². The molecule has 96 valence electrons. The van der Waals surface area contributed by atoms with Gasteiger partial charge < -0.3 is 15.6 Å². The molecule has 0 aromatic carbocycles. The van der Waals surface area contributed by atoms with Crippen LogP contribution in [0, 0.1) is 11.3 Å². The number of nitrogens with two attached hydrogens (primary N) is 1. The molecule has 0 fully saturated rings. The van der Waals surface area contributed by atoms with E-state index in [1.165, 1.54) is 0 Å². The highest BCUT2D eigenvalue weighted by Crippen LogP contribution is 2.31. The molecule has 0 aliphatic rings. The van der Waals surface area contributed by atoms with E-state index in [4.69, 9.17) is 16.1 Å². The standard InChI is InChI=1S/C9H6F3N3O3/c10-9(11,12)18-7-4(2-6(16)17)1-5(3-13)15-8(7)14/h1H,2H2,(H2,14,15)(H,16,17). The zero-order chi connectivity index (χ0) is 13.9. The van der Waals surface area contributed by atoms with Crippen molar-refractivity contribution < 1.29 is 27.8 Å². The first-order chi connectivity index (χ1) is 8.23. The number of nitriles is 1. The second kappa shape index (κ2) is 4.79. The fourth-order valence-electron chi connectivity index (χ4n) is 1.19. The summed E-state index contributed by atoms with van der Waals surface area (Å²) in [6, 6.07) is 2.43. The summed E-state index contributed by atoms with van der Waals surface area (Å²) in [6.07, 6.45) is -5.80. The molecular weight excluding hydrogens is 255 g/mol. The van der Waals surface area contributed by atoms with Crippen molar-refractivity contribution in [1.82, 2.24) is 4.98 Å². The predicted octanol–water partition coefficient (Wildman–Crippen LogP) is 1.06. The molecule has 0 saturated heterocycles. The lowest BCUT2D eigenvalue weighted by atomic mass is 10.1. The number of carboxylic acid groups (broad SMARTS) is 1. The van der Waals surface area contributed by atoms with Crippen LogP contribution in [0.1, 0.15) is 11.3 Å². The maximum absolute atomic E-state index is 12.1. The molecule has 0 atom stereocenters. The molecule has 1 aromatic heterocycles. The minimum atomic E-state index is -5.03. The van der Waals surface area contributed by atoms with Crippen molar-refractivity contribution in [3.05, 3.63) is 17.3 Å². The Kier molecular flexibility index (Phi) is 3.61. The zero-order valence-corrected chi connectivity index (χ0v) is 8.65. The van der Waals surface area contributed by atoms with Crippen LogP contribution in [0.5, 0.6) is 5.75 Å². The van der Waals surface area contributed by atoms with Gasteiger partial charge >= 0.3 is 12.3 Å². The summed E-state index contributed by atoms with van der Waals surface area (Å²) < 4.78 is 39.9. The van der Waals surface area contributed by atoms with Crippen LogP contribution < -0.4 is 10.5 Å². The second-order valence-corrected chi connectivity index (χ2v) is 3.11. The SMILES string of the molecule is N#Cc1cc(CC(=O)O)c(OC(F)(F)F)c(N)n1. The van der Waals surface area contributed by atoms with E-state index in [2.05, 4.69) is 9.72 Å². The summed E-state index contributed by atoms with van der Waals surface area (Å²) in [4.78, 5) is 13.9. The van der Waals surface area contributed by atoms with E-state index in [1.54, 1.807) is 6.07 Å². The van der Waals surface area contributed by atoms with Crippen molar-refractivity contribution in [2.75, 3.05) is 5.73 Å².